The maximum absolute atomic E-state index is 5.23. The summed E-state index contributed by atoms with van der Waals surface area (Å²) < 4.78 is 7.29. The van der Waals surface area contributed by atoms with Gasteiger partial charge in [0, 0.05) is 29.4 Å². The van der Waals surface area contributed by atoms with Crippen molar-refractivity contribution in [3.05, 3.63) is 34.0 Å². The Morgan fingerprint density at radius 3 is 2.50 bits per heavy atom. The normalized spacial score (nSPS) is 15.0. The molecule has 0 radical (unpaired) electrons. The summed E-state index contributed by atoms with van der Waals surface area (Å²) in [4.78, 5) is 0. The number of rotatable bonds is 5. The fourth-order valence-electron chi connectivity index (χ4n) is 2.56. The van der Waals surface area contributed by atoms with Crippen LogP contribution in [0.2, 0.25) is 0 Å². The Morgan fingerprint density at radius 1 is 1.15 bits per heavy atom. The molecule has 0 bridgehead atoms. The van der Waals surface area contributed by atoms with Crippen molar-refractivity contribution in [1.82, 2.24) is 20.3 Å². The Labute approximate surface area is 119 Å². The van der Waals surface area contributed by atoms with Crippen LogP contribution in [0.25, 0.3) is 0 Å². The zero-order valence-electron chi connectivity index (χ0n) is 12.7. The van der Waals surface area contributed by atoms with Crippen molar-refractivity contribution < 1.29 is 4.52 Å². The van der Waals surface area contributed by atoms with E-state index >= 15 is 0 Å². The van der Waals surface area contributed by atoms with Crippen LogP contribution in [0, 0.1) is 27.7 Å². The third kappa shape index (κ3) is 2.50. The van der Waals surface area contributed by atoms with Gasteiger partial charge in [-0.1, -0.05) is 5.16 Å². The molecular weight excluding hydrogens is 252 g/mol. The van der Waals surface area contributed by atoms with Gasteiger partial charge in [-0.15, -0.1) is 0 Å². The van der Waals surface area contributed by atoms with Crippen LogP contribution in [-0.2, 0) is 13.1 Å². The summed E-state index contributed by atoms with van der Waals surface area (Å²) in [6, 6.07) is 0.722. The average molecular weight is 274 g/mol. The summed E-state index contributed by atoms with van der Waals surface area (Å²) in [5.41, 5.74) is 5.76. The molecule has 20 heavy (non-hydrogen) atoms. The third-order valence-corrected chi connectivity index (χ3v) is 4.17. The van der Waals surface area contributed by atoms with E-state index in [1.165, 1.54) is 24.1 Å². The SMILES string of the molecule is Cc1noc(C)c1Cn1nc(C)c(CNC2CC2)c1C. The first-order valence-corrected chi connectivity index (χ1v) is 7.24. The van der Waals surface area contributed by atoms with Crippen LogP contribution in [0.3, 0.4) is 0 Å². The lowest BCUT2D eigenvalue weighted by Crippen LogP contribution is -2.16. The Hall–Kier alpha value is -1.62. The van der Waals surface area contributed by atoms with Gasteiger partial charge in [-0.05, 0) is 40.5 Å². The predicted octanol–water partition coefficient (Wildman–Crippen LogP) is 2.41. The molecule has 0 saturated heterocycles. The van der Waals surface area contributed by atoms with Gasteiger partial charge >= 0.3 is 0 Å². The maximum Gasteiger partial charge on any atom is 0.138 e. The molecule has 2 heterocycles. The van der Waals surface area contributed by atoms with Gasteiger partial charge in [0.2, 0.25) is 0 Å². The molecule has 0 unspecified atom stereocenters. The number of aryl methyl sites for hydroxylation is 3. The van der Waals surface area contributed by atoms with Gasteiger partial charge in [-0.2, -0.15) is 5.10 Å². The predicted molar refractivity (Wildman–Crippen MR) is 76.6 cm³/mol. The Kier molecular flexibility index (Phi) is 3.38. The fraction of sp³-hybridized carbons (Fsp3) is 0.600. The lowest BCUT2D eigenvalue weighted by molar-refractivity contribution is 0.391. The van der Waals surface area contributed by atoms with Gasteiger partial charge in [0.15, 0.2) is 0 Å². The molecule has 2 aromatic rings. The number of nitrogens with one attached hydrogen (secondary N) is 1. The maximum atomic E-state index is 5.23. The number of hydrogen-bond acceptors (Lipinski definition) is 4. The molecule has 1 fully saturated rings. The molecule has 108 valence electrons. The minimum absolute atomic E-state index is 0.722. The van der Waals surface area contributed by atoms with E-state index in [1.54, 1.807) is 0 Å². The van der Waals surface area contributed by atoms with Gasteiger partial charge < -0.3 is 9.84 Å². The van der Waals surface area contributed by atoms with Crippen LogP contribution in [0.4, 0.5) is 0 Å². The number of hydrogen-bond donors (Lipinski definition) is 1. The fourth-order valence-corrected chi connectivity index (χ4v) is 2.56. The molecule has 1 N–H and O–H groups in total. The molecule has 1 saturated carbocycles. The average Bonchev–Trinajstić information content (AvgIpc) is 3.13. The van der Waals surface area contributed by atoms with E-state index in [2.05, 4.69) is 34.1 Å². The van der Waals surface area contributed by atoms with Crippen LogP contribution in [0.15, 0.2) is 4.52 Å². The Morgan fingerprint density at radius 2 is 1.90 bits per heavy atom. The second kappa shape index (κ2) is 5.05. The lowest BCUT2D eigenvalue weighted by atomic mass is 10.2. The molecular formula is C15H22N4O. The highest BCUT2D eigenvalue weighted by Crippen LogP contribution is 2.22. The zero-order chi connectivity index (χ0) is 14.3. The number of aromatic nitrogens is 3. The molecule has 3 rings (SSSR count). The highest BCUT2D eigenvalue weighted by atomic mass is 16.5. The topological polar surface area (TPSA) is 55.9 Å². The monoisotopic (exact) mass is 274 g/mol. The molecule has 0 atom stereocenters. The quantitative estimate of drug-likeness (QED) is 0.909. The van der Waals surface area contributed by atoms with Gasteiger partial charge in [0.05, 0.1) is 17.9 Å². The van der Waals surface area contributed by atoms with Crippen molar-refractivity contribution in [2.24, 2.45) is 0 Å². The Balaban J connectivity index is 1.81. The summed E-state index contributed by atoms with van der Waals surface area (Å²) in [6.07, 6.45) is 2.62. The molecule has 1 aliphatic rings. The van der Waals surface area contributed by atoms with Crippen molar-refractivity contribution >= 4 is 0 Å². The molecule has 0 amide bonds. The molecule has 0 aromatic carbocycles. The first-order valence-electron chi connectivity index (χ1n) is 7.24. The van der Waals surface area contributed by atoms with Gasteiger partial charge in [-0.3, -0.25) is 4.68 Å². The van der Waals surface area contributed by atoms with Crippen molar-refractivity contribution in [3.8, 4) is 0 Å². The van der Waals surface area contributed by atoms with Crippen molar-refractivity contribution in [3.63, 3.8) is 0 Å². The molecule has 0 spiro atoms. The van der Waals surface area contributed by atoms with Crippen molar-refractivity contribution in [2.75, 3.05) is 0 Å². The van der Waals surface area contributed by atoms with Crippen LogP contribution in [0.1, 0.15) is 46.8 Å². The van der Waals surface area contributed by atoms with Crippen LogP contribution >= 0.6 is 0 Å². The second-order valence-electron chi connectivity index (χ2n) is 5.76. The van der Waals surface area contributed by atoms with E-state index in [-0.39, 0.29) is 0 Å². The summed E-state index contributed by atoms with van der Waals surface area (Å²) in [5.74, 6) is 0.882. The van der Waals surface area contributed by atoms with Crippen LogP contribution in [0.5, 0.6) is 0 Å². The van der Waals surface area contributed by atoms with E-state index in [4.69, 9.17) is 4.52 Å². The molecule has 0 aliphatic heterocycles. The summed E-state index contributed by atoms with van der Waals surface area (Å²) in [5, 5.41) is 12.2. The van der Waals surface area contributed by atoms with Crippen LogP contribution in [-0.4, -0.2) is 21.0 Å². The van der Waals surface area contributed by atoms with Gasteiger partial charge in [0.1, 0.15) is 5.76 Å². The Bertz CT molecular complexity index is 603. The van der Waals surface area contributed by atoms with Gasteiger partial charge in [0.25, 0.3) is 0 Å². The lowest BCUT2D eigenvalue weighted by Gasteiger charge is -2.06. The summed E-state index contributed by atoms with van der Waals surface area (Å²) in [6.45, 7) is 9.81. The van der Waals surface area contributed by atoms with E-state index in [9.17, 15) is 0 Å². The third-order valence-electron chi connectivity index (χ3n) is 4.17. The second-order valence-corrected chi connectivity index (χ2v) is 5.76. The van der Waals surface area contributed by atoms with Crippen molar-refractivity contribution in [1.29, 1.82) is 0 Å². The van der Waals surface area contributed by atoms with E-state index in [0.29, 0.717) is 0 Å². The van der Waals surface area contributed by atoms with Crippen molar-refractivity contribution in [2.45, 2.75) is 59.7 Å². The minimum atomic E-state index is 0.722. The molecule has 1 aliphatic carbocycles. The van der Waals surface area contributed by atoms with Gasteiger partial charge in [-0.25, -0.2) is 0 Å². The van der Waals surface area contributed by atoms with E-state index in [0.717, 1.165) is 41.8 Å². The first kappa shape index (κ1) is 13.4. The molecule has 5 heteroatoms. The van der Waals surface area contributed by atoms with E-state index in [1.807, 2.05) is 13.8 Å². The number of nitrogens with zero attached hydrogens (tertiary/aromatic N) is 3. The standard InChI is InChI=1S/C15H22N4O/c1-9-14(7-16-13-5-6-13)11(3)19(17-9)8-15-10(2)18-20-12(15)4/h13,16H,5-8H2,1-4H3. The minimum Gasteiger partial charge on any atom is -0.361 e. The van der Waals surface area contributed by atoms with Crippen LogP contribution < -0.4 is 5.32 Å². The smallest absolute Gasteiger partial charge is 0.138 e. The molecule has 2 aromatic heterocycles. The highest BCUT2D eigenvalue weighted by molar-refractivity contribution is 5.27. The summed E-state index contributed by atoms with van der Waals surface area (Å²) in [7, 11) is 0. The molecule has 5 nitrogen and oxygen atoms in total. The highest BCUT2D eigenvalue weighted by Gasteiger charge is 2.22. The largest absolute Gasteiger partial charge is 0.361 e. The van der Waals surface area contributed by atoms with E-state index < -0.39 is 0 Å². The zero-order valence-corrected chi connectivity index (χ0v) is 12.7. The summed E-state index contributed by atoms with van der Waals surface area (Å²) >= 11 is 0. The first-order chi connectivity index (χ1) is 9.56.